The van der Waals surface area contributed by atoms with E-state index in [2.05, 4.69) is 16.8 Å². The summed E-state index contributed by atoms with van der Waals surface area (Å²) in [6.07, 6.45) is 1.66. The van der Waals surface area contributed by atoms with Gasteiger partial charge in [0.05, 0.1) is 11.3 Å². The Morgan fingerprint density at radius 2 is 1.83 bits per heavy atom. The number of hydrogen-bond acceptors (Lipinski definition) is 4. The molecule has 0 spiro atoms. The van der Waals surface area contributed by atoms with E-state index in [1.807, 2.05) is 0 Å². The minimum atomic E-state index is -0.401. The van der Waals surface area contributed by atoms with Crippen LogP contribution in [0.1, 0.15) is 5.56 Å². The zero-order valence-electron chi connectivity index (χ0n) is 15.9. The van der Waals surface area contributed by atoms with Crippen LogP contribution in [0.2, 0.25) is 0 Å². The second-order valence-electron chi connectivity index (χ2n) is 6.32. The normalized spacial score (nSPS) is 10.7. The zero-order chi connectivity index (χ0) is 20.8. The second kappa shape index (κ2) is 9.47. The molecule has 0 saturated carbocycles. The van der Waals surface area contributed by atoms with E-state index in [4.69, 9.17) is 0 Å². The number of nitrogens with zero attached hydrogens (tertiary/aromatic N) is 4. The van der Waals surface area contributed by atoms with Crippen molar-refractivity contribution in [2.45, 2.75) is 18.2 Å². The van der Waals surface area contributed by atoms with Gasteiger partial charge >= 0.3 is 0 Å². The molecule has 0 bridgehead atoms. The average molecular weight is 414 g/mol. The van der Waals surface area contributed by atoms with Crippen molar-refractivity contribution >= 4 is 17.7 Å². The molecule has 0 unspecified atom stereocenters. The lowest BCUT2D eigenvalue weighted by Gasteiger charge is -2.17. The zero-order valence-corrected chi connectivity index (χ0v) is 16.7. The van der Waals surface area contributed by atoms with Gasteiger partial charge in [-0.1, -0.05) is 48.2 Å². The number of rotatable bonds is 8. The fraction of sp³-hybridized carbons (Fsp3) is 0.190. The minimum absolute atomic E-state index is 0.0947. The van der Waals surface area contributed by atoms with Crippen molar-refractivity contribution in [3.05, 3.63) is 78.4 Å². The first-order valence-corrected chi connectivity index (χ1v) is 9.89. The molecule has 8 heteroatoms. The van der Waals surface area contributed by atoms with Crippen molar-refractivity contribution in [1.82, 2.24) is 19.7 Å². The summed E-state index contributed by atoms with van der Waals surface area (Å²) >= 11 is 1.19. The molecule has 0 aliphatic carbocycles. The molecule has 3 aromatic rings. The van der Waals surface area contributed by atoms with Gasteiger partial charge in [-0.3, -0.25) is 9.36 Å². The molecule has 3 rings (SSSR count). The molecule has 1 aromatic heterocycles. The fourth-order valence-electron chi connectivity index (χ4n) is 2.74. The highest BCUT2D eigenvalue weighted by atomic mass is 32.2. The molecular formula is C21H20F2N4OS. The minimum Gasteiger partial charge on any atom is -0.341 e. The number of benzene rings is 2. The van der Waals surface area contributed by atoms with Gasteiger partial charge in [-0.05, 0) is 18.2 Å². The van der Waals surface area contributed by atoms with Crippen LogP contribution in [0, 0.1) is 11.6 Å². The summed E-state index contributed by atoms with van der Waals surface area (Å²) in [5.74, 6) is -0.462. The van der Waals surface area contributed by atoms with E-state index in [-0.39, 0.29) is 24.0 Å². The van der Waals surface area contributed by atoms with E-state index in [0.29, 0.717) is 28.7 Å². The van der Waals surface area contributed by atoms with E-state index < -0.39 is 5.82 Å². The topological polar surface area (TPSA) is 51.0 Å². The Labute approximate surface area is 172 Å². The van der Waals surface area contributed by atoms with Crippen molar-refractivity contribution in [1.29, 1.82) is 0 Å². The number of carbonyl (C=O) groups excluding carboxylic acids is 1. The number of carbonyl (C=O) groups is 1. The van der Waals surface area contributed by atoms with E-state index in [1.165, 1.54) is 28.8 Å². The Morgan fingerprint density at radius 3 is 2.52 bits per heavy atom. The monoisotopic (exact) mass is 414 g/mol. The number of halogens is 2. The molecule has 0 aliphatic heterocycles. The lowest BCUT2D eigenvalue weighted by Crippen LogP contribution is -2.28. The van der Waals surface area contributed by atoms with Crippen LogP contribution >= 0.6 is 11.8 Å². The third kappa shape index (κ3) is 4.89. The molecule has 5 nitrogen and oxygen atoms in total. The van der Waals surface area contributed by atoms with Crippen LogP contribution in [0.5, 0.6) is 0 Å². The molecule has 2 aromatic carbocycles. The van der Waals surface area contributed by atoms with Crippen molar-refractivity contribution in [2.75, 3.05) is 12.8 Å². The lowest BCUT2D eigenvalue weighted by molar-refractivity contribution is -0.127. The number of amides is 1. The Kier molecular flexibility index (Phi) is 6.77. The Bertz CT molecular complexity index is 1020. The summed E-state index contributed by atoms with van der Waals surface area (Å²) in [5.41, 5.74) is 0.779. The molecule has 0 N–H and O–H groups in total. The molecule has 0 saturated heterocycles. The SMILES string of the molecule is C=CCn1c(SCC(=O)N(C)Cc2ccccc2F)nnc1-c1ccccc1F. The van der Waals surface area contributed by atoms with Crippen molar-refractivity contribution in [2.24, 2.45) is 0 Å². The summed E-state index contributed by atoms with van der Waals surface area (Å²) in [7, 11) is 1.62. The van der Waals surface area contributed by atoms with Gasteiger partial charge in [-0.25, -0.2) is 8.78 Å². The molecule has 0 atom stereocenters. The smallest absolute Gasteiger partial charge is 0.233 e. The summed E-state index contributed by atoms with van der Waals surface area (Å²) in [6, 6.07) is 12.7. The van der Waals surface area contributed by atoms with Crippen LogP contribution in [0.3, 0.4) is 0 Å². The summed E-state index contributed by atoms with van der Waals surface area (Å²) < 4.78 is 29.7. The van der Waals surface area contributed by atoms with E-state index in [0.717, 1.165) is 0 Å². The van der Waals surface area contributed by atoms with Crippen molar-refractivity contribution in [3.63, 3.8) is 0 Å². The Morgan fingerprint density at radius 1 is 1.14 bits per heavy atom. The van der Waals surface area contributed by atoms with Gasteiger partial charge in [0.15, 0.2) is 11.0 Å². The van der Waals surface area contributed by atoms with E-state index >= 15 is 0 Å². The predicted molar refractivity (Wildman–Crippen MR) is 109 cm³/mol. The first kappa shape index (κ1) is 20.7. The molecule has 1 amide bonds. The number of hydrogen-bond donors (Lipinski definition) is 0. The molecule has 0 aliphatic rings. The number of thioether (sulfide) groups is 1. The molecule has 1 heterocycles. The van der Waals surface area contributed by atoms with Gasteiger partial charge in [0, 0.05) is 25.7 Å². The van der Waals surface area contributed by atoms with Crippen molar-refractivity contribution in [3.8, 4) is 11.4 Å². The highest BCUT2D eigenvalue weighted by Crippen LogP contribution is 2.26. The molecular weight excluding hydrogens is 394 g/mol. The summed E-state index contributed by atoms with van der Waals surface area (Å²) in [5, 5.41) is 8.69. The van der Waals surface area contributed by atoms with Crippen LogP contribution in [0.25, 0.3) is 11.4 Å². The standard InChI is InChI=1S/C21H20F2N4OS/c1-3-12-27-20(16-9-5-7-11-18(16)23)24-25-21(27)29-14-19(28)26(2)13-15-8-4-6-10-17(15)22/h3-11H,1,12-14H2,2H3. The second-order valence-corrected chi connectivity index (χ2v) is 7.26. The molecule has 0 fully saturated rings. The molecule has 150 valence electrons. The summed E-state index contributed by atoms with van der Waals surface area (Å²) in [4.78, 5) is 13.9. The fourth-order valence-corrected chi connectivity index (χ4v) is 3.63. The third-order valence-electron chi connectivity index (χ3n) is 4.26. The van der Waals surface area contributed by atoms with Crippen LogP contribution in [0.15, 0.2) is 66.3 Å². The average Bonchev–Trinajstić information content (AvgIpc) is 3.11. The van der Waals surface area contributed by atoms with Gasteiger partial charge in [0.2, 0.25) is 5.91 Å². The van der Waals surface area contributed by atoms with Crippen LogP contribution < -0.4 is 0 Å². The maximum absolute atomic E-state index is 14.2. The quantitative estimate of drug-likeness (QED) is 0.410. The Hall–Kier alpha value is -3.00. The van der Waals surface area contributed by atoms with Gasteiger partial charge in [0.1, 0.15) is 11.6 Å². The van der Waals surface area contributed by atoms with Gasteiger partial charge in [-0.2, -0.15) is 0 Å². The maximum atomic E-state index is 14.2. The van der Waals surface area contributed by atoms with Gasteiger partial charge in [0.25, 0.3) is 0 Å². The van der Waals surface area contributed by atoms with Crippen molar-refractivity contribution < 1.29 is 13.6 Å². The third-order valence-corrected chi connectivity index (χ3v) is 5.21. The Balaban J connectivity index is 1.72. The van der Waals surface area contributed by atoms with Crippen LogP contribution in [0.4, 0.5) is 8.78 Å². The molecule has 0 radical (unpaired) electrons. The highest BCUT2D eigenvalue weighted by molar-refractivity contribution is 7.99. The highest BCUT2D eigenvalue weighted by Gasteiger charge is 2.18. The number of aromatic nitrogens is 3. The maximum Gasteiger partial charge on any atom is 0.233 e. The predicted octanol–water partition coefficient (Wildman–Crippen LogP) is 4.16. The van der Waals surface area contributed by atoms with Gasteiger partial charge in [-0.15, -0.1) is 16.8 Å². The van der Waals surface area contributed by atoms with Gasteiger partial charge < -0.3 is 4.90 Å². The molecule has 29 heavy (non-hydrogen) atoms. The summed E-state index contributed by atoms with van der Waals surface area (Å²) in [6.45, 7) is 4.27. The van der Waals surface area contributed by atoms with Crippen LogP contribution in [-0.4, -0.2) is 38.4 Å². The first-order valence-electron chi connectivity index (χ1n) is 8.90. The van der Waals surface area contributed by atoms with Crippen LogP contribution in [-0.2, 0) is 17.9 Å². The first-order chi connectivity index (χ1) is 14.0. The largest absolute Gasteiger partial charge is 0.341 e. The number of allylic oxidation sites excluding steroid dienone is 1. The van der Waals surface area contributed by atoms with E-state index in [1.54, 1.807) is 54.1 Å². The lowest BCUT2D eigenvalue weighted by atomic mass is 10.2. The van der Waals surface area contributed by atoms with E-state index in [9.17, 15) is 13.6 Å².